The Kier molecular flexibility index (Phi) is 4.47. The number of anilines is 1. The molecule has 0 bridgehead atoms. The smallest absolute Gasteiger partial charge is 0.152 e. The maximum absolute atomic E-state index is 11.6. The molecule has 0 aliphatic carbocycles. The van der Waals surface area contributed by atoms with Crippen molar-refractivity contribution >= 4 is 15.5 Å². The molecule has 0 spiro atoms. The zero-order chi connectivity index (χ0) is 17.3. The summed E-state index contributed by atoms with van der Waals surface area (Å²) >= 11 is 0. The van der Waals surface area contributed by atoms with E-state index in [4.69, 9.17) is 5.10 Å². The van der Waals surface area contributed by atoms with Gasteiger partial charge < -0.3 is 4.90 Å². The van der Waals surface area contributed by atoms with Crippen LogP contribution in [-0.2, 0) is 29.5 Å². The van der Waals surface area contributed by atoms with E-state index in [0.717, 1.165) is 38.3 Å². The Bertz CT molecular complexity index is 820. The quantitative estimate of drug-likeness (QED) is 0.810. The van der Waals surface area contributed by atoms with E-state index in [2.05, 4.69) is 25.5 Å². The van der Waals surface area contributed by atoms with E-state index in [1.165, 1.54) is 11.4 Å². The Hall–Kier alpha value is -1.93. The summed E-state index contributed by atoms with van der Waals surface area (Å²) in [6, 6.07) is 6.25. The van der Waals surface area contributed by atoms with Gasteiger partial charge in [0, 0.05) is 50.8 Å². The molecule has 0 amide bonds. The maximum Gasteiger partial charge on any atom is 0.152 e. The van der Waals surface area contributed by atoms with E-state index in [-0.39, 0.29) is 11.5 Å². The van der Waals surface area contributed by atoms with Crippen LogP contribution < -0.4 is 4.90 Å². The van der Waals surface area contributed by atoms with Crippen LogP contribution in [0, 0.1) is 0 Å². The number of aromatic nitrogens is 3. The van der Waals surface area contributed by atoms with Gasteiger partial charge >= 0.3 is 0 Å². The minimum atomic E-state index is -2.83. The third-order valence-electron chi connectivity index (χ3n) is 4.92. The van der Waals surface area contributed by atoms with E-state index in [9.17, 15) is 8.42 Å². The molecule has 1 fully saturated rings. The van der Waals surface area contributed by atoms with Crippen molar-refractivity contribution in [2.45, 2.75) is 26.1 Å². The first-order valence-corrected chi connectivity index (χ1v) is 10.5. The lowest BCUT2D eigenvalue weighted by atomic mass is 10.3. The first kappa shape index (κ1) is 16.5. The second-order valence-corrected chi connectivity index (χ2v) is 9.06. The molecule has 2 aromatic rings. The first-order valence-electron chi connectivity index (χ1n) is 8.72. The van der Waals surface area contributed by atoms with Crippen molar-refractivity contribution in [3.8, 4) is 0 Å². The molecule has 4 heterocycles. The molecule has 0 saturated carbocycles. The van der Waals surface area contributed by atoms with Gasteiger partial charge in [-0.3, -0.25) is 14.6 Å². The van der Waals surface area contributed by atoms with Crippen molar-refractivity contribution in [3.63, 3.8) is 0 Å². The Labute approximate surface area is 148 Å². The van der Waals surface area contributed by atoms with Crippen LogP contribution in [0.1, 0.15) is 17.8 Å². The summed E-state index contributed by atoms with van der Waals surface area (Å²) in [4.78, 5) is 8.64. The standard InChI is InChI=1S/C17H23N5O2S/c23-25(24)10-8-20(9-11-25)13-15-12-17-14-21(6-1-7-22(17)19-15)16-2-4-18-5-3-16/h2-5,12H,1,6-11,13-14H2. The van der Waals surface area contributed by atoms with Crippen molar-refractivity contribution in [2.75, 3.05) is 36.0 Å². The summed E-state index contributed by atoms with van der Waals surface area (Å²) < 4.78 is 25.2. The number of fused-ring (bicyclic) bond motifs is 1. The number of sulfone groups is 1. The summed E-state index contributed by atoms with van der Waals surface area (Å²) in [5.41, 5.74) is 3.44. The highest BCUT2D eigenvalue weighted by molar-refractivity contribution is 7.91. The van der Waals surface area contributed by atoms with Crippen LogP contribution in [0.25, 0.3) is 0 Å². The van der Waals surface area contributed by atoms with Gasteiger partial charge in [-0.15, -0.1) is 0 Å². The minimum absolute atomic E-state index is 0.260. The Morgan fingerprint density at radius 1 is 1.04 bits per heavy atom. The average Bonchev–Trinajstić information content (AvgIpc) is 2.87. The molecule has 2 aromatic heterocycles. The highest BCUT2D eigenvalue weighted by Gasteiger charge is 2.23. The predicted molar refractivity (Wildman–Crippen MR) is 96.1 cm³/mol. The third-order valence-corrected chi connectivity index (χ3v) is 6.52. The number of hydrogen-bond acceptors (Lipinski definition) is 6. The van der Waals surface area contributed by atoms with E-state index < -0.39 is 9.84 Å². The number of pyridine rings is 1. The molecule has 0 N–H and O–H groups in total. The highest BCUT2D eigenvalue weighted by Crippen LogP contribution is 2.21. The molecule has 0 atom stereocenters. The number of hydrogen-bond donors (Lipinski definition) is 0. The number of rotatable bonds is 3. The molecular formula is C17H23N5O2S. The second-order valence-electron chi connectivity index (χ2n) is 6.76. The third kappa shape index (κ3) is 3.85. The van der Waals surface area contributed by atoms with Crippen molar-refractivity contribution < 1.29 is 8.42 Å². The van der Waals surface area contributed by atoms with Gasteiger partial charge in [-0.1, -0.05) is 0 Å². The monoisotopic (exact) mass is 361 g/mol. The summed E-state index contributed by atoms with van der Waals surface area (Å²) in [6.45, 7) is 4.70. The average molecular weight is 361 g/mol. The van der Waals surface area contributed by atoms with E-state index in [1.807, 2.05) is 24.5 Å². The predicted octanol–water partition coefficient (Wildman–Crippen LogP) is 0.919. The fraction of sp³-hybridized carbons (Fsp3) is 0.529. The van der Waals surface area contributed by atoms with Gasteiger partial charge in [0.1, 0.15) is 0 Å². The molecule has 1 saturated heterocycles. The van der Waals surface area contributed by atoms with Crippen molar-refractivity contribution in [2.24, 2.45) is 0 Å². The van der Waals surface area contributed by atoms with E-state index in [1.54, 1.807) is 0 Å². The highest BCUT2D eigenvalue weighted by atomic mass is 32.2. The molecule has 0 aromatic carbocycles. The molecule has 7 nitrogen and oxygen atoms in total. The Morgan fingerprint density at radius 3 is 2.56 bits per heavy atom. The van der Waals surface area contributed by atoms with E-state index >= 15 is 0 Å². The number of aryl methyl sites for hydroxylation is 1. The molecule has 2 aliphatic rings. The van der Waals surface area contributed by atoms with E-state index in [0.29, 0.717) is 13.1 Å². The molecule has 0 radical (unpaired) electrons. The van der Waals surface area contributed by atoms with Crippen molar-refractivity contribution in [3.05, 3.63) is 42.0 Å². The van der Waals surface area contributed by atoms with Gasteiger partial charge in [-0.2, -0.15) is 5.10 Å². The van der Waals surface area contributed by atoms with Gasteiger partial charge in [0.25, 0.3) is 0 Å². The lowest BCUT2D eigenvalue weighted by Gasteiger charge is -2.25. The SMILES string of the molecule is O=S1(=O)CCN(Cc2cc3n(n2)CCCN(c2ccncc2)C3)CC1. The lowest BCUT2D eigenvalue weighted by Crippen LogP contribution is -2.39. The van der Waals surface area contributed by atoms with Gasteiger partial charge in [0.05, 0.1) is 29.4 Å². The van der Waals surface area contributed by atoms with Crippen LogP contribution in [0.2, 0.25) is 0 Å². The van der Waals surface area contributed by atoms with Crippen LogP contribution in [0.5, 0.6) is 0 Å². The summed E-state index contributed by atoms with van der Waals surface area (Å²) in [7, 11) is -2.83. The molecule has 0 unspecified atom stereocenters. The zero-order valence-corrected chi connectivity index (χ0v) is 15.0. The van der Waals surface area contributed by atoms with Crippen LogP contribution in [0.3, 0.4) is 0 Å². The molecule has 2 aliphatic heterocycles. The fourth-order valence-electron chi connectivity index (χ4n) is 3.51. The van der Waals surface area contributed by atoms with Crippen LogP contribution in [0.15, 0.2) is 30.6 Å². The van der Waals surface area contributed by atoms with Crippen molar-refractivity contribution in [1.82, 2.24) is 19.7 Å². The van der Waals surface area contributed by atoms with Crippen molar-refractivity contribution in [1.29, 1.82) is 0 Å². The largest absolute Gasteiger partial charge is 0.365 e. The van der Waals surface area contributed by atoms with Crippen LogP contribution >= 0.6 is 0 Å². The topological polar surface area (TPSA) is 71.3 Å². The zero-order valence-electron chi connectivity index (χ0n) is 14.2. The fourth-order valence-corrected chi connectivity index (χ4v) is 4.79. The summed E-state index contributed by atoms with van der Waals surface area (Å²) in [5, 5.41) is 4.76. The molecule has 25 heavy (non-hydrogen) atoms. The minimum Gasteiger partial charge on any atom is -0.365 e. The maximum atomic E-state index is 11.6. The molecular weight excluding hydrogens is 338 g/mol. The Morgan fingerprint density at radius 2 is 1.80 bits per heavy atom. The number of nitrogens with zero attached hydrogens (tertiary/aromatic N) is 5. The molecule has 8 heteroatoms. The van der Waals surface area contributed by atoms with Crippen LogP contribution in [-0.4, -0.2) is 59.2 Å². The molecule has 134 valence electrons. The Balaban J connectivity index is 1.46. The second kappa shape index (κ2) is 6.76. The summed E-state index contributed by atoms with van der Waals surface area (Å²) in [6.07, 6.45) is 4.71. The van der Waals surface area contributed by atoms with Gasteiger partial charge in [-0.05, 0) is 24.6 Å². The van der Waals surface area contributed by atoms with Gasteiger partial charge in [0.15, 0.2) is 9.84 Å². The lowest BCUT2D eigenvalue weighted by molar-refractivity contribution is 0.283. The first-order chi connectivity index (χ1) is 12.1. The summed E-state index contributed by atoms with van der Waals surface area (Å²) in [5.74, 6) is 0.521. The molecule has 4 rings (SSSR count). The van der Waals surface area contributed by atoms with Gasteiger partial charge in [-0.25, -0.2) is 8.42 Å². The van der Waals surface area contributed by atoms with Crippen LogP contribution in [0.4, 0.5) is 5.69 Å². The van der Waals surface area contributed by atoms with Gasteiger partial charge in [0.2, 0.25) is 0 Å². The normalized spacial score (nSPS) is 20.9.